The molecule has 0 aliphatic carbocycles. The summed E-state index contributed by atoms with van der Waals surface area (Å²) in [6.45, 7) is 5.16. The fraction of sp³-hybridized carbons (Fsp3) is 0.357. The molecule has 0 saturated carbocycles. The van der Waals surface area contributed by atoms with Gasteiger partial charge in [0, 0.05) is 30.8 Å². The maximum Gasteiger partial charge on any atom is 0.0926 e. The highest BCUT2D eigenvalue weighted by Crippen LogP contribution is 2.20. The van der Waals surface area contributed by atoms with Crippen LogP contribution in [0.2, 0.25) is 0 Å². The number of benzene rings is 1. The Morgan fingerprint density at radius 3 is 3.06 bits per heavy atom. The molecular weight excluding hydrogens is 210 g/mol. The summed E-state index contributed by atoms with van der Waals surface area (Å²) in [7, 11) is 0. The van der Waals surface area contributed by atoms with Gasteiger partial charge >= 0.3 is 0 Å². The second-order valence-corrected chi connectivity index (χ2v) is 4.61. The lowest BCUT2D eigenvalue weighted by molar-refractivity contribution is 0.591. The first-order chi connectivity index (χ1) is 8.33. The molecule has 1 aromatic heterocycles. The molecule has 88 valence electrons. The highest BCUT2D eigenvalue weighted by atomic mass is 15.3. The van der Waals surface area contributed by atoms with Crippen molar-refractivity contribution in [1.29, 1.82) is 0 Å². The summed E-state index contributed by atoms with van der Waals surface area (Å²) < 4.78 is 2.14. The van der Waals surface area contributed by atoms with Crippen molar-refractivity contribution in [2.75, 3.05) is 13.1 Å². The third-order valence-electron chi connectivity index (χ3n) is 3.24. The first kappa shape index (κ1) is 10.5. The van der Waals surface area contributed by atoms with Crippen LogP contribution in [-0.4, -0.2) is 22.9 Å². The van der Waals surface area contributed by atoms with Gasteiger partial charge in [-0.25, -0.2) is 0 Å². The summed E-state index contributed by atoms with van der Waals surface area (Å²) in [6, 6.07) is 10.8. The van der Waals surface area contributed by atoms with E-state index in [9.17, 15) is 0 Å². The van der Waals surface area contributed by atoms with Crippen molar-refractivity contribution in [3.05, 3.63) is 41.6 Å². The van der Waals surface area contributed by atoms with Crippen LogP contribution in [0.15, 0.2) is 30.3 Å². The summed E-state index contributed by atoms with van der Waals surface area (Å²) in [5.74, 6) is 0. The van der Waals surface area contributed by atoms with Crippen LogP contribution >= 0.6 is 0 Å². The molecule has 0 fully saturated rings. The Hall–Kier alpha value is -1.61. The van der Waals surface area contributed by atoms with E-state index in [0.29, 0.717) is 0 Å². The normalized spacial score (nSPS) is 15.4. The Morgan fingerprint density at radius 1 is 1.24 bits per heavy atom. The number of hydrogen-bond donors (Lipinski definition) is 1. The quantitative estimate of drug-likeness (QED) is 0.807. The van der Waals surface area contributed by atoms with E-state index in [-0.39, 0.29) is 0 Å². The molecule has 0 unspecified atom stereocenters. The van der Waals surface area contributed by atoms with Gasteiger partial charge < -0.3 is 5.32 Å². The largest absolute Gasteiger partial charge is 0.315 e. The predicted octanol–water partition coefficient (Wildman–Crippen LogP) is 2.00. The molecular formula is C14H17N3. The van der Waals surface area contributed by atoms with Crippen molar-refractivity contribution in [2.24, 2.45) is 0 Å². The molecule has 17 heavy (non-hydrogen) atoms. The van der Waals surface area contributed by atoms with Gasteiger partial charge in [-0.05, 0) is 19.1 Å². The number of fused-ring (bicyclic) bond motifs is 1. The monoisotopic (exact) mass is 227 g/mol. The lowest BCUT2D eigenvalue weighted by Gasteiger charge is -2.00. The van der Waals surface area contributed by atoms with Crippen molar-refractivity contribution in [3.63, 3.8) is 0 Å². The highest BCUT2D eigenvalue weighted by Gasteiger charge is 2.11. The van der Waals surface area contributed by atoms with Gasteiger partial charge in [0.1, 0.15) is 0 Å². The van der Waals surface area contributed by atoms with Crippen molar-refractivity contribution in [1.82, 2.24) is 15.1 Å². The molecule has 3 heteroatoms. The van der Waals surface area contributed by atoms with Gasteiger partial charge in [0.2, 0.25) is 0 Å². The molecule has 2 aromatic rings. The average Bonchev–Trinajstić information content (AvgIpc) is 2.61. The molecule has 0 radical (unpaired) electrons. The number of nitrogens with zero attached hydrogens (tertiary/aromatic N) is 2. The number of nitrogens with one attached hydrogen (secondary N) is 1. The van der Waals surface area contributed by atoms with Crippen molar-refractivity contribution < 1.29 is 0 Å². The Labute approximate surface area is 101 Å². The van der Waals surface area contributed by atoms with Crippen molar-refractivity contribution in [2.45, 2.75) is 19.9 Å². The molecule has 3 rings (SSSR count). The molecule has 1 N–H and O–H groups in total. The smallest absolute Gasteiger partial charge is 0.0926 e. The molecule has 0 bridgehead atoms. The van der Waals surface area contributed by atoms with Crippen LogP contribution in [0.4, 0.5) is 0 Å². The molecule has 0 saturated heterocycles. The minimum Gasteiger partial charge on any atom is -0.315 e. The van der Waals surface area contributed by atoms with Crippen molar-refractivity contribution in [3.8, 4) is 11.3 Å². The summed E-state index contributed by atoms with van der Waals surface area (Å²) in [6.07, 6.45) is 1.07. The third kappa shape index (κ3) is 2.11. The van der Waals surface area contributed by atoms with Crippen LogP contribution in [0.3, 0.4) is 0 Å². The third-order valence-corrected chi connectivity index (χ3v) is 3.24. The zero-order valence-corrected chi connectivity index (χ0v) is 10.1. The van der Waals surface area contributed by atoms with Gasteiger partial charge in [0.15, 0.2) is 0 Å². The van der Waals surface area contributed by atoms with Gasteiger partial charge in [-0.15, -0.1) is 0 Å². The summed E-state index contributed by atoms with van der Waals surface area (Å²) in [5.41, 5.74) is 4.95. The second kappa shape index (κ2) is 4.34. The van der Waals surface area contributed by atoms with E-state index in [0.717, 1.165) is 31.7 Å². The Balaban J connectivity index is 1.99. The number of hydrogen-bond acceptors (Lipinski definition) is 2. The van der Waals surface area contributed by atoms with E-state index in [1.165, 1.54) is 16.8 Å². The van der Waals surface area contributed by atoms with Crippen LogP contribution in [0.25, 0.3) is 11.3 Å². The van der Waals surface area contributed by atoms with Gasteiger partial charge in [-0.2, -0.15) is 5.10 Å². The summed E-state index contributed by atoms with van der Waals surface area (Å²) in [4.78, 5) is 0. The fourth-order valence-corrected chi connectivity index (χ4v) is 2.32. The molecule has 0 spiro atoms. The van der Waals surface area contributed by atoms with Crippen LogP contribution in [0.5, 0.6) is 0 Å². The topological polar surface area (TPSA) is 29.9 Å². The maximum absolute atomic E-state index is 4.70. The number of aromatic nitrogens is 2. The van der Waals surface area contributed by atoms with E-state index >= 15 is 0 Å². The zero-order valence-electron chi connectivity index (χ0n) is 10.1. The van der Waals surface area contributed by atoms with Gasteiger partial charge in [0.25, 0.3) is 0 Å². The van der Waals surface area contributed by atoms with E-state index < -0.39 is 0 Å². The Kier molecular flexibility index (Phi) is 2.69. The maximum atomic E-state index is 4.70. The first-order valence-electron chi connectivity index (χ1n) is 6.17. The van der Waals surface area contributed by atoms with Gasteiger partial charge in [0.05, 0.1) is 12.2 Å². The zero-order chi connectivity index (χ0) is 11.7. The molecule has 2 heterocycles. The molecule has 1 aliphatic heterocycles. The SMILES string of the molecule is Cc1cccc(-c2cc3n(n2)CCNCC3)c1. The average molecular weight is 227 g/mol. The minimum atomic E-state index is 0.973. The minimum absolute atomic E-state index is 0.973. The lowest BCUT2D eigenvalue weighted by Crippen LogP contribution is -2.17. The van der Waals surface area contributed by atoms with Gasteiger partial charge in [-0.3, -0.25) is 4.68 Å². The lowest BCUT2D eigenvalue weighted by atomic mass is 10.1. The molecule has 1 aromatic carbocycles. The molecule has 1 aliphatic rings. The standard InChI is InChI=1S/C14H17N3/c1-11-3-2-4-12(9-11)14-10-13-5-6-15-7-8-17(13)16-14/h2-4,9-10,15H,5-8H2,1H3. The summed E-state index contributed by atoms with van der Waals surface area (Å²) in [5, 5.41) is 8.09. The van der Waals surface area contributed by atoms with Gasteiger partial charge in [-0.1, -0.05) is 23.8 Å². The Bertz CT molecular complexity index is 505. The second-order valence-electron chi connectivity index (χ2n) is 4.61. The highest BCUT2D eigenvalue weighted by molar-refractivity contribution is 5.60. The molecule has 3 nitrogen and oxygen atoms in total. The fourth-order valence-electron chi connectivity index (χ4n) is 2.32. The van der Waals surface area contributed by atoms with Crippen LogP contribution in [-0.2, 0) is 13.0 Å². The molecule has 0 amide bonds. The van der Waals surface area contributed by atoms with Crippen LogP contribution in [0, 0.1) is 6.92 Å². The van der Waals surface area contributed by atoms with E-state index in [4.69, 9.17) is 5.10 Å². The van der Waals surface area contributed by atoms with Crippen LogP contribution in [0.1, 0.15) is 11.3 Å². The summed E-state index contributed by atoms with van der Waals surface area (Å²) >= 11 is 0. The Morgan fingerprint density at radius 2 is 2.18 bits per heavy atom. The van der Waals surface area contributed by atoms with Crippen LogP contribution < -0.4 is 5.32 Å². The van der Waals surface area contributed by atoms with E-state index in [1.807, 2.05) is 0 Å². The van der Waals surface area contributed by atoms with Crippen molar-refractivity contribution >= 4 is 0 Å². The van der Waals surface area contributed by atoms with E-state index in [1.54, 1.807) is 0 Å². The number of rotatable bonds is 1. The predicted molar refractivity (Wildman–Crippen MR) is 69.0 cm³/mol. The number of aryl methyl sites for hydroxylation is 1. The molecule has 0 atom stereocenters. The first-order valence-corrected chi connectivity index (χ1v) is 6.17. The van der Waals surface area contributed by atoms with E-state index in [2.05, 4.69) is 47.3 Å².